The SMILES string of the molecule is COc1cccc(C(OC2CCCC2)C(C)N)c1. The van der Waals surface area contributed by atoms with E-state index in [0.29, 0.717) is 6.10 Å². The molecule has 1 aromatic rings. The third-order valence-electron chi connectivity index (χ3n) is 3.54. The van der Waals surface area contributed by atoms with Crippen LogP contribution in [0.2, 0.25) is 0 Å². The van der Waals surface area contributed by atoms with Gasteiger partial charge in [-0.2, -0.15) is 0 Å². The van der Waals surface area contributed by atoms with Crippen LogP contribution in [0.15, 0.2) is 24.3 Å². The Balaban J connectivity index is 2.12. The maximum Gasteiger partial charge on any atom is 0.119 e. The zero-order valence-electron chi connectivity index (χ0n) is 11.3. The Morgan fingerprint density at radius 1 is 1.28 bits per heavy atom. The molecular weight excluding hydrogens is 226 g/mol. The van der Waals surface area contributed by atoms with Crippen molar-refractivity contribution in [2.75, 3.05) is 7.11 Å². The monoisotopic (exact) mass is 249 g/mol. The van der Waals surface area contributed by atoms with Crippen molar-refractivity contribution < 1.29 is 9.47 Å². The standard InChI is InChI=1S/C15H23NO2/c1-11(16)15(18-13-7-3-4-8-13)12-6-5-9-14(10-12)17-2/h5-6,9-11,13,15H,3-4,7-8,16H2,1-2H3. The summed E-state index contributed by atoms with van der Waals surface area (Å²) in [6.45, 7) is 2.00. The van der Waals surface area contributed by atoms with E-state index in [2.05, 4.69) is 6.07 Å². The highest BCUT2D eigenvalue weighted by molar-refractivity contribution is 5.30. The lowest BCUT2D eigenvalue weighted by atomic mass is 10.0. The first-order valence-corrected chi connectivity index (χ1v) is 6.75. The van der Waals surface area contributed by atoms with Crippen LogP contribution in [0.4, 0.5) is 0 Å². The third-order valence-corrected chi connectivity index (χ3v) is 3.54. The summed E-state index contributed by atoms with van der Waals surface area (Å²) in [5.41, 5.74) is 7.18. The molecule has 0 bridgehead atoms. The van der Waals surface area contributed by atoms with Crippen LogP contribution in [0.25, 0.3) is 0 Å². The molecule has 2 unspecified atom stereocenters. The van der Waals surface area contributed by atoms with Gasteiger partial charge in [0.05, 0.1) is 19.3 Å². The summed E-state index contributed by atoms with van der Waals surface area (Å²) < 4.78 is 11.4. The third kappa shape index (κ3) is 3.24. The van der Waals surface area contributed by atoms with Crippen LogP contribution in [0.1, 0.15) is 44.3 Å². The van der Waals surface area contributed by atoms with Gasteiger partial charge in [-0.05, 0) is 37.5 Å². The first-order valence-electron chi connectivity index (χ1n) is 6.75. The van der Waals surface area contributed by atoms with Gasteiger partial charge in [0, 0.05) is 6.04 Å². The van der Waals surface area contributed by atoms with E-state index in [-0.39, 0.29) is 12.1 Å². The second-order valence-electron chi connectivity index (χ2n) is 5.10. The molecule has 0 amide bonds. The maximum absolute atomic E-state index is 6.18. The minimum absolute atomic E-state index is 0.0160. The molecule has 0 saturated heterocycles. The lowest BCUT2D eigenvalue weighted by molar-refractivity contribution is -0.0202. The lowest BCUT2D eigenvalue weighted by Crippen LogP contribution is -2.29. The van der Waals surface area contributed by atoms with Gasteiger partial charge in [-0.15, -0.1) is 0 Å². The molecule has 1 aliphatic rings. The molecule has 0 spiro atoms. The Hall–Kier alpha value is -1.06. The largest absolute Gasteiger partial charge is 0.497 e. The minimum atomic E-state index is -0.0387. The molecule has 1 saturated carbocycles. The van der Waals surface area contributed by atoms with Crippen LogP contribution >= 0.6 is 0 Å². The van der Waals surface area contributed by atoms with Crippen LogP contribution in [-0.2, 0) is 4.74 Å². The number of nitrogens with two attached hydrogens (primary N) is 1. The molecule has 18 heavy (non-hydrogen) atoms. The maximum atomic E-state index is 6.18. The van der Waals surface area contributed by atoms with Crippen LogP contribution in [0.5, 0.6) is 5.75 Å². The Kier molecular flexibility index (Phi) is 4.61. The molecule has 3 heteroatoms. The second kappa shape index (κ2) is 6.21. The van der Waals surface area contributed by atoms with Crippen molar-refractivity contribution in [3.05, 3.63) is 29.8 Å². The predicted octanol–water partition coefficient (Wildman–Crippen LogP) is 3.04. The van der Waals surface area contributed by atoms with Gasteiger partial charge in [0.25, 0.3) is 0 Å². The number of hydrogen-bond acceptors (Lipinski definition) is 3. The van der Waals surface area contributed by atoms with Gasteiger partial charge in [0.1, 0.15) is 5.75 Å². The van der Waals surface area contributed by atoms with Gasteiger partial charge in [-0.25, -0.2) is 0 Å². The highest BCUT2D eigenvalue weighted by Crippen LogP contribution is 2.30. The van der Waals surface area contributed by atoms with Gasteiger partial charge in [0.15, 0.2) is 0 Å². The molecule has 2 rings (SSSR count). The molecule has 2 atom stereocenters. The molecule has 0 radical (unpaired) electrons. The minimum Gasteiger partial charge on any atom is -0.497 e. The van der Waals surface area contributed by atoms with Crippen molar-refractivity contribution in [2.24, 2.45) is 5.73 Å². The quantitative estimate of drug-likeness (QED) is 0.872. The van der Waals surface area contributed by atoms with Crippen LogP contribution in [0.3, 0.4) is 0 Å². The van der Waals surface area contributed by atoms with Crippen LogP contribution in [-0.4, -0.2) is 19.3 Å². The van der Waals surface area contributed by atoms with E-state index in [1.807, 2.05) is 25.1 Å². The van der Waals surface area contributed by atoms with Crippen molar-refractivity contribution in [2.45, 2.75) is 50.9 Å². The molecular formula is C15H23NO2. The summed E-state index contributed by atoms with van der Waals surface area (Å²) in [5.74, 6) is 0.855. The summed E-state index contributed by atoms with van der Waals surface area (Å²) in [4.78, 5) is 0. The summed E-state index contributed by atoms with van der Waals surface area (Å²) in [5, 5.41) is 0. The smallest absolute Gasteiger partial charge is 0.119 e. The van der Waals surface area contributed by atoms with Crippen molar-refractivity contribution >= 4 is 0 Å². The summed E-state index contributed by atoms with van der Waals surface area (Å²) in [7, 11) is 1.68. The fraction of sp³-hybridized carbons (Fsp3) is 0.600. The second-order valence-corrected chi connectivity index (χ2v) is 5.10. The van der Waals surface area contributed by atoms with Crippen molar-refractivity contribution in [3.8, 4) is 5.75 Å². The van der Waals surface area contributed by atoms with Crippen LogP contribution in [0, 0.1) is 0 Å². The first kappa shape index (κ1) is 13.4. The molecule has 0 heterocycles. The van der Waals surface area contributed by atoms with Crippen molar-refractivity contribution in [3.63, 3.8) is 0 Å². The van der Waals surface area contributed by atoms with Crippen molar-refractivity contribution in [1.29, 1.82) is 0 Å². The molecule has 1 fully saturated rings. The van der Waals surface area contributed by atoms with Gasteiger partial charge in [-0.3, -0.25) is 0 Å². The van der Waals surface area contributed by atoms with E-state index in [1.54, 1.807) is 7.11 Å². The van der Waals surface area contributed by atoms with E-state index in [1.165, 1.54) is 12.8 Å². The number of hydrogen-bond donors (Lipinski definition) is 1. The Morgan fingerprint density at radius 2 is 2.00 bits per heavy atom. The highest BCUT2D eigenvalue weighted by Gasteiger charge is 2.24. The van der Waals surface area contributed by atoms with E-state index < -0.39 is 0 Å². The topological polar surface area (TPSA) is 44.5 Å². The Bertz CT molecular complexity index is 373. The number of methoxy groups -OCH3 is 1. The zero-order chi connectivity index (χ0) is 13.0. The molecule has 100 valence electrons. The van der Waals surface area contributed by atoms with E-state index in [4.69, 9.17) is 15.2 Å². The van der Waals surface area contributed by atoms with Gasteiger partial charge >= 0.3 is 0 Å². The van der Waals surface area contributed by atoms with Gasteiger partial charge in [-0.1, -0.05) is 25.0 Å². The van der Waals surface area contributed by atoms with E-state index in [0.717, 1.165) is 24.2 Å². The summed E-state index contributed by atoms with van der Waals surface area (Å²) in [6, 6.07) is 7.99. The van der Waals surface area contributed by atoms with E-state index in [9.17, 15) is 0 Å². The van der Waals surface area contributed by atoms with Crippen LogP contribution < -0.4 is 10.5 Å². The zero-order valence-corrected chi connectivity index (χ0v) is 11.3. The van der Waals surface area contributed by atoms with Crippen molar-refractivity contribution in [1.82, 2.24) is 0 Å². The molecule has 0 aliphatic heterocycles. The Morgan fingerprint density at radius 3 is 2.61 bits per heavy atom. The Labute approximate surface area is 109 Å². The molecule has 1 aromatic carbocycles. The number of rotatable bonds is 5. The molecule has 0 aromatic heterocycles. The average molecular weight is 249 g/mol. The fourth-order valence-corrected chi connectivity index (χ4v) is 2.56. The summed E-state index contributed by atoms with van der Waals surface area (Å²) >= 11 is 0. The normalized spacial score (nSPS) is 19.7. The first-order chi connectivity index (χ1) is 8.70. The van der Waals surface area contributed by atoms with Gasteiger partial charge < -0.3 is 15.2 Å². The molecule has 3 nitrogen and oxygen atoms in total. The highest BCUT2D eigenvalue weighted by atomic mass is 16.5. The summed E-state index contributed by atoms with van der Waals surface area (Å²) in [6.07, 6.45) is 5.19. The van der Waals surface area contributed by atoms with Gasteiger partial charge in [0.2, 0.25) is 0 Å². The fourth-order valence-electron chi connectivity index (χ4n) is 2.56. The number of benzene rings is 1. The predicted molar refractivity (Wildman–Crippen MR) is 72.7 cm³/mol. The average Bonchev–Trinajstić information content (AvgIpc) is 2.88. The lowest BCUT2D eigenvalue weighted by Gasteiger charge is -2.26. The van der Waals surface area contributed by atoms with E-state index >= 15 is 0 Å². The number of ether oxygens (including phenoxy) is 2. The molecule has 2 N–H and O–H groups in total. The molecule has 1 aliphatic carbocycles.